The quantitative estimate of drug-likeness (QED) is 0.615. The van der Waals surface area contributed by atoms with Gasteiger partial charge in [0.2, 0.25) is 0 Å². The molecule has 2 unspecified atom stereocenters. The van der Waals surface area contributed by atoms with Crippen molar-refractivity contribution in [2.75, 3.05) is 20.1 Å². The van der Waals surface area contributed by atoms with Gasteiger partial charge >= 0.3 is 0 Å². The van der Waals surface area contributed by atoms with Crippen LogP contribution in [0.2, 0.25) is 0 Å². The lowest BCUT2D eigenvalue weighted by molar-refractivity contribution is -0.0704. The average molecular weight is 373 g/mol. The van der Waals surface area contributed by atoms with Crippen LogP contribution in [0.4, 0.5) is 0 Å². The van der Waals surface area contributed by atoms with Crippen molar-refractivity contribution in [2.45, 2.75) is 77.3 Å². The van der Waals surface area contributed by atoms with Crippen LogP contribution in [0.3, 0.4) is 0 Å². The van der Waals surface area contributed by atoms with Crippen LogP contribution >= 0.6 is 0 Å². The third kappa shape index (κ3) is 6.51. The van der Waals surface area contributed by atoms with E-state index in [1.807, 2.05) is 7.05 Å². The van der Waals surface area contributed by atoms with Gasteiger partial charge in [0.05, 0.1) is 12.2 Å². The van der Waals surface area contributed by atoms with Crippen LogP contribution in [-0.2, 0) is 17.8 Å². The maximum absolute atomic E-state index is 5.83. The highest BCUT2D eigenvalue weighted by atomic mass is 16.5. The smallest absolute Gasteiger partial charge is 0.191 e. The largest absolute Gasteiger partial charge is 0.373 e. The number of aliphatic imine (C=N–C) groups is 1. The van der Waals surface area contributed by atoms with Crippen molar-refractivity contribution in [1.29, 1.82) is 0 Å². The molecule has 150 valence electrons. The average Bonchev–Trinajstić information content (AvgIpc) is 2.66. The maximum atomic E-state index is 5.83. The predicted molar refractivity (Wildman–Crippen MR) is 112 cm³/mol. The Labute approximate surface area is 164 Å². The Morgan fingerprint density at radius 2 is 1.67 bits per heavy atom. The summed E-state index contributed by atoms with van der Waals surface area (Å²) in [7, 11) is 1.85. The minimum absolute atomic E-state index is 0.320. The zero-order chi connectivity index (χ0) is 19.1. The van der Waals surface area contributed by atoms with Gasteiger partial charge in [-0.2, -0.15) is 0 Å². The van der Waals surface area contributed by atoms with E-state index < -0.39 is 0 Å². The molecule has 1 aliphatic carbocycles. The first kappa shape index (κ1) is 20.2. The van der Waals surface area contributed by atoms with Crippen LogP contribution in [0.5, 0.6) is 0 Å². The van der Waals surface area contributed by atoms with Gasteiger partial charge in [0.1, 0.15) is 0 Å². The molecule has 0 bridgehead atoms. The molecule has 1 aromatic rings. The normalized spacial score (nSPS) is 25.4. The fourth-order valence-electron chi connectivity index (χ4n) is 4.25. The first-order valence-corrected chi connectivity index (χ1v) is 10.5. The van der Waals surface area contributed by atoms with E-state index in [0.717, 1.165) is 32.1 Å². The number of ether oxygens (including phenoxy) is 1. The van der Waals surface area contributed by atoms with Gasteiger partial charge < -0.3 is 15.4 Å². The molecule has 1 heterocycles. The van der Waals surface area contributed by atoms with Gasteiger partial charge in [-0.1, -0.05) is 43.5 Å². The lowest BCUT2D eigenvalue weighted by Crippen LogP contribution is -2.44. The van der Waals surface area contributed by atoms with E-state index in [1.54, 1.807) is 0 Å². The zero-order valence-electron chi connectivity index (χ0n) is 17.2. The van der Waals surface area contributed by atoms with Gasteiger partial charge in [0, 0.05) is 39.3 Å². The van der Waals surface area contributed by atoms with Crippen LogP contribution in [0.15, 0.2) is 29.3 Å². The molecular weight excluding hydrogens is 336 g/mol. The van der Waals surface area contributed by atoms with E-state index in [1.165, 1.54) is 43.2 Å². The summed E-state index contributed by atoms with van der Waals surface area (Å²) in [6.45, 7) is 8.14. The molecule has 3 rings (SSSR count). The summed E-state index contributed by atoms with van der Waals surface area (Å²) in [6.07, 6.45) is 7.19. The van der Waals surface area contributed by atoms with Gasteiger partial charge in [-0.15, -0.1) is 0 Å². The Morgan fingerprint density at radius 1 is 1.04 bits per heavy atom. The van der Waals surface area contributed by atoms with Crippen LogP contribution in [0.1, 0.15) is 57.1 Å². The maximum Gasteiger partial charge on any atom is 0.191 e. The summed E-state index contributed by atoms with van der Waals surface area (Å²) in [5.41, 5.74) is 2.65. The summed E-state index contributed by atoms with van der Waals surface area (Å²) in [4.78, 5) is 6.87. The van der Waals surface area contributed by atoms with Gasteiger partial charge in [-0.25, -0.2) is 0 Å². The number of morpholine rings is 1. The van der Waals surface area contributed by atoms with Crippen LogP contribution in [0.25, 0.3) is 0 Å². The van der Waals surface area contributed by atoms with Gasteiger partial charge in [0.15, 0.2) is 5.96 Å². The summed E-state index contributed by atoms with van der Waals surface area (Å²) in [5, 5.41) is 7.03. The fraction of sp³-hybridized carbons (Fsp3) is 0.682. The molecule has 5 nitrogen and oxygen atoms in total. The van der Waals surface area contributed by atoms with Crippen molar-refractivity contribution < 1.29 is 4.74 Å². The van der Waals surface area contributed by atoms with E-state index in [2.05, 4.69) is 58.6 Å². The van der Waals surface area contributed by atoms with Crippen LogP contribution < -0.4 is 10.6 Å². The Morgan fingerprint density at radius 3 is 2.30 bits per heavy atom. The van der Waals surface area contributed by atoms with E-state index >= 15 is 0 Å². The van der Waals surface area contributed by atoms with E-state index in [-0.39, 0.29) is 0 Å². The Balaban J connectivity index is 1.45. The van der Waals surface area contributed by atoms with Crippen LogP contribution in [0, 0.1) is 0 Å². The Bertz CT molecular complexity index is 585. The summed E-state index contributed by atoms with van der Waals surface area (Å²) < 4.78 is 5.83. The number of rotatable bonds is 5. The molecule has 5 heteroatoms. The zero-order valence-corrected chi connectivity index (χ0v) is 17.2. The first-order chi connectivity index (χ1) is 13.1. The molecule has 2 fully saturated rings. The van der Waals surface area contributed by atoms with E-state index in [0.29, 0.717) is 18.2 Å². The number of nitrogens with zero attached hydrogens (tertiary/aromatic N) is 2. The topological polar surface area (TPSA) is 48.9 Å². The minimum atomic E-state index is 0.320. The SMILES string of the molecule is CN=C(NCc1ccc(CN2CC(C)OC(C)C2)cc1)NC1CCCCC1. The number of nitrogens with one attached hydrogen (secondary N) is 2. The highest BCUT2D eigenvalue weighted by Gasteiger charge is 2.22. The second kappa shape index (κ2) is 10.1. The molecule has 0 radical (unpaired) electrons. The van der Waals surface area contributed by atoms with Gasteiger partial charge in [0.25, 0.3) is 0 Å². The second-order valence-electron chi connectivity index (χ2n) is 8.17. The number of hydrogen-bond donors (Lipinski definition) is 2. The molecule has 1 aromatic carbocycles. The lowest BCUT2D eigenvalue weighted by Gasteiger charge is -2.35. The highest BCUT2D eigenvalue weighted by molar-refractivity contribution is 5.79. The molecule has 1 saturated carbocycles. The molecule has 2 N–H and O–H groups in total. The third-order valence-electron chi connectivity index (χ3n) is 5.55. The van der Waals surface area contributed by atoms with Crippen molar-refractivity contribution in [3.8, 4) is 0 Å². The molecule has 1 saturated heterocycles. The Kier molecular flexibility index (Phi) is 7.53. The number of guanidine groups is 1. The molecule has 0 amide bonds. The number of benzene rings is 1. The molecule has 27 heavy (non-hydrogen) atoms. The first-order valence-electron chi connectivity index (χ1n) is 10.5. The second-order valence-corrected chi connectivity index (χ2v) is 8.17. The molecule has 2 aliphatic rings. The standard InChI is InChI=1S/C22H36N4O/c1-17-14-26(15-18(2)27-17)16-20-11-9-19(10-12-20)13-24-22(23-3)25-21-7-5-4-6-8-21/h9-12,17-18,21H,4-8,13-16H2,1-3H3,(H2,23,24,25). The van der Waals surface area contributed by atoms with Gasteiger partial charge in [-0.05, 0) is 37.8 Å². The third-order valence-corrected chi connectivity index (χ3v) is 5.55. The van der Waals surface area contributed by atoms with Crippen molar-refractivity contribution in [3.63, 3.8) is 0 Å². The summed E-state index contributed by atoms with van der Waals surface area (Å²) in [6, 6.07) is 9.52. The molecule has 2 atom stereocenters. The summed E-state index contributed by atoms with van der Waals surface area (Å²) >= 11 is 0. The summed E-state index contributed by atoms with van der Waals surface area (Å²) in [5.74, 6) is 0.919. The monoisotopic (exact) mass is 372 g/mol. The Hall–Kier alpha value is -1.59. The predicted octanol–water partition coefficient (Wildman–Crippen LogP) is 3.29. The van der Waals surface area contributed by atoms with Gasteiger partial charge in [-0.3, -0.25) is 9.89 Å². The van der Waals surface area contributed by atoms with Crippen molar-refractivity contribution in [2.24, 2.45) is 4.99 Å². The van der Waals surface area contributed by atoms with E-state index in [9.17, 15) is 0 Å². The van der Waals surface area contributed by atoms with Crippen LogP contribution in [-0.4, -0.2) is 49.2 Å². The van der Waals surface area contributed by atoms with Crippen molar-refractivity contribution in [1.82, 2.24) is 15.5 Å². The number of hydrogen-bond acceptors (Lipinski definition) is 3. The molecular formula is C22H36N4O. The molecule has 1 aliphatic heterocycles. The molecule has 0 aromatic heterocycles. The fourth-order valence-corrected chi connectivity index (χ4v) is 4.25. The lowest BCUT2D eigenvalue weighted by atomic mass is 9.96. The van der Waals surface area contributed by atoms with Crippen molar-refractivity contribution in [3.05, 3.63) is 35.4 Å². The molecule has 0 spiro atoms. The van der Waals surface area contributed by atoms with Crippen molar-refractivity contribution >= 4 is 5.96 Å². The highest BCUT2D eigenvalue weighted by Crippen LogP contribution is 2.17. The minimum Gasteiger partial charge on any atom is -0.373 e. The van der Waals surface area contributed by atoms with E-state index in [4.69, 9.17) is 4.74 Å².